The van der Waals surface area contributed by atoms with Gasteiger partial charge >= 0.3 is 0 Å². The van der Waals surface area contributed by atoms with E-state index < -0.39 is 0 Å². The van der Waals surface area contributed by atoms with Crippen LogP contribution in [0.1, 0.15) is 24.9 Å². The highest BCUT2D eigenvalue weighted by atomic mass is 35.5. The minimum absolute atomic E-state index is 0.100. The number of anilines is 1. The molecule has 2 rings (SSSR count). The zero-order valence-corrected chi connectivity index (χ0v) is 13.8. The predicted molar refractivity (Wildman–Crippen MR) is 89.6 cm³/mol. The van der Waals surface area contributed by atoms with Gasteiger partial charge in [0.25, 0.3) is 0 Å². The molecule has 0 fully saturated rings. The van der Waals surface area contributed by atoms with Gasteiger partial charge in [0.15, 0.2) is 0 Å². The number of hydrogen-bond donors (Lipinski definition) is 1. The molecule has 5 heteroatoms. The van der Waals surface area contributed by atoms with Gasteiger partial charge in [-0.2, -0.15) is 0 Å². The minimum atomic E-state index is 0.100. The van der Waals surface area contributed by atoms with Crippen LogP contribution in [0.15, 0.2) is 36.4 Å². The molecule has 0 aliphatic heterocycles. The zero-order valence-electron chi connectivity index (χ0n) is 10.8. The van der Waals surface area contributed by atoms with Gasteiger partial charge in [0.1, 0.15) is 0 Å². The molecule has 0 bridgehead atoms. The highest BCUT2D eigenvalue weighted by Gasteiger charge is 2.13. The van der Waals surface area contributed by atoms with Crippen LogP contribution in [0.5, 0.6) is 0 Å². The van der Waals surface area contributed by atoms with Crippen molar-refractivity contribution in [3.63, 3.8) is 0 Å². The van der Waals surface area contributed by atoms with Crippen LogP contribution >= 0.6 is 46.4 Å². The Labute approximate surface area is 138 Å². The summed E-state index contributed by atoms with van der Waals surface area (Å²) in [6, 6.07) is 11.2. The van der Waals surface area contributed by atoms with E-state index in [-0.39, 0.29) is 6.04 Å². The summed E-state index contributed by atoms with van der Waals surface area (Å²) in [7, 11) is 0. The molecule has 0 amide bonds. The van der Waals surface area contributed by atoms with Gasteiger partial charge in [0.05, 0.1) is 26.8 Å². The van der Waals surface area contributed by atoms with Gasteiger partial charge in [0.2, 0.25) is 0 Å². The highest BCUT2D eigenvalue weighted by Crippen LogP contribution is 2.35. The molecule has 2 aromatic rings. The molecule has 20 heavy (non-hydrogen) atoms. The number of halogens is 4. The van der Waals surface area contributed by atoms with E-state index in [4.69, 9.17) is 46.4 Å². The lowest BCUT2D eigenvalue weighted by molar-refractivity contribution is 0.749. The molecule has 0 aliphatic carbocycles. The topological polar surface area (TPSA) is 12.0 Å². The largest absolute Gasteiger partial charge is 0.377 e. The molecule has 1 atom stereocenters. The Morgan fingerprint density at radius 3 is 2.30 bits per heavy atom. The molecular formula is C15H13Cl4N. The fraction of sp³-hybridized carbons (Fsp3) is 0.200. The smallest absolute Gasteiger partial charge is 0.0653 e. The lowest BCUT2D eigenvalue weighted by Crippen LogP contribution is -2.10. The standard InChI is InChI=1S/C15H13Cl4N/c1-2-14(9-4-3-5-10(16)6-9)20-15-8-12(18)11(17)7-13(15)19/h3-8,14,20H,2H2,1H3. The molecule has 106 valence electrons. The SMILES string of the molecule is CCC(Nc1cc(Cl)c(Cl)cc1Cl)c1cccc(Cl)c1. The fourth-order valence-electron chi connectivity index (χ4n) is 1.97. The first-order valence-electron chi connectivity index (χ1n) is 6.17. The Bertz CT molecular complexity index is 613. The third-order valence-electron chi connectivity index (χ3n) is 3.00. The van der Waals surface area contributed by atoms with Gasteiger partial charge in [-0.25, -0.2) is 0 Å². The average molecular weight is 349 g/mol. The van der Waals surface area contributed by atoms with Crippen LogP contribution < -0.4 is 5.32 Å². The van der Waals surface area contributed by atoms with Crippen molar-refractivity contribution in [2.45, 2.75) is 19.4 Å². The van der Waals surface area contributed by atoms with Crippen LogP contribution in [0.25, 0.3) is 0 Å². The van der Waals surface area contributed by atoms with Crippen LogP contribution in [0.2, 0.25) is 20.1 Å². The van der Waals surface area contributed by atoms with Crippen molar-refractivity contribution in [1.82, 2.24) is 0 Å². The Morgan fingerprint density at radius 1 is 0.950 bits per heavy atom. The number of benzene rings is 2. The van der Waals surface area contributed by atoms with Crippen molar-refractivity contribution in [2.24, 2.45) is 0 Å². The van der Waals surface area contributed by atoms with Crippen LogP contribution in [0.4, 0.5) is 5.69 Å². The van der Waals surface area contributed by atoms with E-state index in [0.29, 0.717) is 20.1 Å². The van der Waals surface area contributed by atoms with Gasteiger partial charge in [-0.05, 0) is 36.2 Å². The van der Waals surface area contributed by atoms with E-state index in [9.17, 15) is 0 Å². The molecule has 0 saturated carbocycles. The third-order valence-corrected chi connectivity index (χ3v) is 4.27. The maximum atomic E-state index is 6.19. The summed E-state index contributed by atoms with van der Waals surface area (Å²) < 4.78 is 0. The Hall–Kier alpha value is -0.600. The summed E-state index contributed by atoms with van der Waals surface area (Å²) in [5, 5.41) is 5.54. The Morgan fingerprint density at radius 2 is 1.65 bits per heavy atom. The normalized spacial score (nSPS) is 12.2. The lowest BCUT2D eigenvalue weighted by atomic mass is 10.0. The molecule has 0 aromatic heterocycles. The first-order chi connectivity index (χ1) is 9.51. The quantitative estimate of drug-likeness (QED) is 0.595. The van der Waals surface area contributed by atoms with Gasteiger partial charge in [-0.1, -0.05) is 65.5 Å². The summed E-state index contributed by atoms with van der Waals surface area (Å²) >= 11 is 24.2. The summed E-state index contributed by atoms with van der Waals surface area (Å²) in [6.45, 7) is 2.09. The summed E-state index contributed by atoms with van der Waals surface area (Å²) in [6.07, 6.45) is 0.886. The maximum absolute atomic E-state index is 6.19. The van der Waals surface area contributed by atoms with Crippen LogP contribution in [-0.4, -0.2) is 0 Å². The van der Waals surface area contributed by atoms with Crippen molar-refractivity contribution in [3.05, 3.63) is 62.1 Å². The highest BCUT2D eigenvalue weighted by molar-refractivity contribution is 6.44. The average Bonchev–Trinajstić information content (AvgIpc) is 2.41. The Kier molecular flexibility index (Phi) is 5.45. The molecule has 0 radical (unpaired) electrons. The van der Waals surface area contributed by atoms with E-state index in [1.54, 1.807) is 12.1 Å². The summed E-state index contributed by atoms with van der Waals surface area (Å²) in [5.41, 5.74) is 1.86. The van der Waals surface area contributed by atoms with Crippen LogP contribution in [-0.2, 0) is 0 Å². The van der Waals surface area contributed by atoms with Crippen molar-refractivity contribution in [1.29, 1.82) is 0 Å². The molecule has 0 saturated heterocycles. The predicted octanol–water partition coefficient (Wildman–Crippen LogP) is 6.86. The van der Waals surface area contributed by atoms with Crippen molar-refractivity contribution < 1.29 is 0 Å². The van der Waals surface area contributed by atoms with E-state index in [2.05, 4.69) is 12.2 Å². The molecule has 1 N–H and O–H groups in total. The van der Waals surface area contributed by atoms with E-state index in [1.165, 1.54) is 0 Å². The summed E-state index contributed by atoms with van der Waals surface area (Å²) in [4.78, 5) is 0. The molecule has 1 unspecified atom stereocenters. The number of nitrogens with one attached hydrogen (secondary N) is 1. The molecule has 0 spiro atoms. The number of hydrogen-bond acceptors (Lipinski definition) is 1. The monoisotopic (exact) mass is 347 g/mol. The second-order valence-corrected chi connectivity index (χ2v) is 6.06. The zero-order chi connectivity index (χ0) is 14.7. The van der Waals surface area contributed by atoms with E-state index >= 15 is 0 Å². The van der Waals surface area contributed by atoms with Crippen molar-refractivity contribution >= 4 is 52.1 Å². The molecule has 1 nitrogen and oxygen atoms in total. The van der Waals surface area contributed by atoms with Crippen LogP contribution in [0.3, 0.4) is 0 Å². The van der Waals surface area contributed by atoms with E-state index in [0.717, 1.165) is 17.7 Å². The lowest BCUT2D eigenvalue weighted by Gasteiger charge is -2.20. The molecule has 0 heterocycles. The first kappa shape index (κ1) is 15.8. The summed E-state index contributed by atoms with van der Waals surface area (Å²) in [5.74, 6) is 0. The van der Waals surface area contributed by atoms with Crippen molar-refractivity contribution in [2.75, 3.05) is 5.32 Å². The second-order valence-electron chi connectivity index (χ2n) is 4.41. The minimum Gasteiger partial charge on any atom is -0.377 e. The van der Waals surface area contributed by atoms with E-state index in [1.807, 2.05) is 24.3 Å². The number of rotatable bonds is 4. The van der Waals surface area contributed by atoms with Gasteiger partial charge in [-0.15, -0.1) is 0 Å². The Balaban J connectivity index is 2.29. The fourth-order valence-corrected chi connectivity index (χ4v) is 2.77. The third kappa shape index (κ3) is 3.73. The van der Waals surface area contributed by atoms with Crippen LogP contribution in [0, 0.1) is 0 Å². The maximum Gasteiger partial charge on any atom is 0.0653 e. The van der Waals surface area contributed by atoms with Crippen molar-refractivity contribution in [3.8, 4) is 0 Å². The van der Waals surface area contributed by atoms with Gasteiger partial charge < -0.3 is 5.32 Å². The molecular weight excluding hydrogens is 336 g/mol. The second kappa shape index (κ2) is 6.91. The molecule has 0 aliphatic rings. The first-order valence-corrected chi connectivity index (χ1v) is 7.69. The molecule has 2 aromatic carbocycles. The van der Waals surface area contributed by atoms with Gasteiger partial charge in [-0.3, -0.25) is 0 Å². The van der Waals surface area contributed by atoms with Gasteiger partial charge in [0, 0.05) is 5.02 Å².